The van der Waals surface area contributed by atoms with Gasteiger partial charge < -0.3 is 20.1 Å². The number of esters is 1. The normalized spacial score (nSPS) is 14.5. The summed E-state index contributed by atoms with van der Waals surface area (Å²) in [6, 6.07) is 8.24. The van der Waals surface area contributed by atoms with E-state index >= 15 is 0 Å². The van der Waals surface area contributed by atoms with Crippen LogP contribution in [0.4, 0.5) is 0 Å². The van der Waals surface area contributed by atoms with Crippen molar-refractivity contribution in [2.24, 2.45) is 0 Å². The van der Waals surface area contributed by atoms with Crippen molar-refractivity contribution in [1.82, 2.24) is 10.6 Å². The van der Waals surface area contributed by atoms with E-state index < -0.39 is 17.9 Å². The molecule has 7 heteroatoms. The van der Waals surface area contributed by atoms with E-state index in [1.54, 1.807) is 24.3 Å². The molecule has 7 nitrogen and oxygen atoms in total. The summed E-state index contributed by atoms with van der Waals surface area (Å²) in [5.41, 5.74) is 0. The third-order valence-electron chi connectivity index (χ3n) is 3.13. The number of para-hydroxylation sites is 1. The zero-order valence-corrected chi connectivity index (χ0v) is 12.9. The molecule has 0 radical (unpaired) electrons. The predicted molar refractivity (Wildman–Crippen MR) is 81.7 cm³/mol. The van der Waals surface area contributed by atoms with Gasteiger partial charge in [0.05, 0.1) is 0 Å². The topological polar surface area (TPSA) is 93.7 Å². The first-order valence-corrected chi connectivity index (χ1v) is 7.48. The van der Waals surface area contributed by atoms with Crippen LogP contribution in [-0.2, 0) is 19.1 Å². The average Bonchev–Trinajstić information content (AvgIpc) is 3.35. The number of rotatable bonds is 8. The smallest absolute Gasteiger partial charge is 0.328 e. The molecule has 1 aliphatic carbocycles. The van der Waals surface area contributed by atoms with Crippen molar-refractivity contribution in [2.45, 2.75) is 31.8 Å². The van der Waals surface area contributed by atoms with Crippen LogP contribution in [-0.4, -0.2) is 43.1 Å². The van der Waals surface area contributed by atoms with Gasteiger partial charge in [0.1, 0.15) is 11.8 Å². The second kappa shape index (κ2) is 8.17. The van der Waals surface area contributed by atoms with Crippen LogP contribution in [0, 0.1) is 0 Å². The summed E-state index contributed by atoms with van der Waals surface area (Å²) < 4.78 is 10.1. The zero-order chi connectivity index (χ0) is 16.7. The Kier molecular flexibility index (Phi) is 5.96. The zero-order valence-electron chi connectivity index (χ0n) is 12.9. The molecule has 0 aromatic heterocycles. The molecule has 1 atom stereocenters. The molecule has 2 N–H and O–H groups in total. The van der Waals surface area contributed by atoms with E-state index in [4.69, 9.17) is 9.47 Å². The molecule has 2 amide bonds. The highest BCUT2D eigenvalue weighted by atomic mass is 16.5. The molecule has 2 rings (SSSR count). The summed E-state index contributed by atoms with van der Waals surface area (Å²) in [4.78, 5) is 34.8. The molecule has 0 bridgehead atoms. The van der Waals surface area contributed by atoms with Gasteiger partial charge in [-0.3, -0.25) is 9.59 Å². The lowest BCUT2D eigenvalue weighted by molar-refractivity contribution is -0.151. The Bertz CT molecular complexity index is 557. The van der Waals surface area contributed by atoms with E-state index in [1.165, 1.54) is 6.92 Å². The van der Waals surface area contributed by atoms with Gasteiger partial charge in [0.15, 0.2) is 13.2 Å². The number of amides is 2. The number of carbonyl (C=O) groups excluding carboxylic acids is 3. The van der Waals surface area contributed by atoms with Gasteiger partial charge in [-0.05, 0) is 31.9 Å². The highest BCUT2D eigenvalue weighted by Crippen LogP contribution is 2.18. The molecule has 1 aromatic rings. The van der Waals surface area contributed by atoms with E-state index in [0.717, 1.165) is 12.8 Å². The minimum atomic E-state index is -0.851. The maximum Gasteiger partial charge on any atom is 0.328 e. The third-order valence-corrected chi connectivity index (χ3v) is 3.13. The van der Waals surface area contributed by atoms with Crippen molar-refractivity contribution in [3.8, 4) is 5.75 Å². The lowest BCUT2D eigenvalue weighted by atomic mass is 10.3. The highest BCUT2D eigenvalue weighted by Gasteiger charge is 2.24. The predicted octanol–water partition coefficient (Wildman–Crippen LogP) is 0.392. The summed E-state index contributed by atoms with van der Waals surface area (Å²) in [6.07, 6.45) is 1.93. The summed E-state index contributed by atoms with van der Waals surface area (Å²) in [7, 11) is 0. The molecule has 124 valence electrons. The summed E-state index contributed by atoms with van der Waals surface area (Å²) in [5.74, 6) is -0.869. The molecular formula is C16H20N2O5. The monoisotopic (exact) mass is 320 g/mol. The molecule has 0 aliphatic heterocycles. The van der Waals surface area contributed by atoms with Crippen molar-refractivity contribution in [3.63, 3.8) is 0 Å². The number of nitrogens with one attached hydrogen (secondary N) is 2. The van der Waals surface area contributed by atoms with Gasteiger partial charge >= 0.3 is 5.97 Å². The quantitative estimate of drug-likeness (QED) is 0.676. The molecule has 0 saturated heterocycles. The van der Waals surface area contributed by atoms with Crippen LogP contribution < -0.4 is 15.4 Å². The van der Waals surface area contributed by atoms with Crippen LogP contribution >= 0.6 is 0 Å². The van der Waals surface area contributed by atoms with E-state index in [9.17, 15) is 14.4 Å². The second-order valence-corrected chi connectivity index (χ2v) is 5.34. The molecule has 23 heavy (non-hydrogen) atoms. The average molecular weight is 320 g/mol. The van der Waals surface area contributed by atoms with Gasteiger partial charge in [-0.25, -0.2) is 4.79 Å². The van der Waals surface area contributed by atoms with Gasteiger partial charge in [0.2, 0.25) is 0 Å². The van der Waals surface area contributed by atoms with Crippen molar-refractivity contribution in [1.29, 1.82) is 0 Å². The largest absolute Gasteiger partial charge is 0.484 e. The SMILES string of the molecule is C[C@H](NC(=O)COc1ccccc1)C(=O)OCC(=O)NC1CC1. The number of hydrogen-bond acceptors (Lipinski definition) is 5. The fraction of sp³-hybridized carbons (Fsp3) is 0.438. The number of benzene rings is 1. The van der Waals surface area contributed by atoms with Crippen molar-refractivity contribution < 1.29 is 23.9 Å². The van der Waals surface area contributed by atoms with Crippen LogP contribution in [0.1, 0.15) is 19.8 Å². The Labute approximate surface area is 134 Å². The molecule has 1 fully saturated rings. The van der Waals surface area contributed by atoms with E-state index in [-0.39, 0.29) is 25.2 Å². The standard InChI is InChI=1S/C16H20N2O5/c1-11(16(21)23-10-15(20)18-12-7-8-12)17-14(19)9-22-13-5-3-2-4-6-13/h2-6,11-12H,7-10H2,1H3,(H,17,19)(H,18,20)/t11-/m0/s1. The lowest BCUT2D eigenvalue weighted by Crippen LogP contribution is -2.43. The van der Waals surface area contributed by atoms with Crippen LogP contribution in [0.15, 0.2) is 30.3 Å². The first kappa shape index (κ1) is 16.8. The minimum Gasteiger partial charge on any atom is -0.484 e. The summed E-state index contributed by atoms with van der Waals surface area (Å²) in [5, 5.41) is 5.16. The van der Waals surface area contributed by atoms with Crippen LogP contribution in [0.3, 0.4) is 0 Å². The highest BCUT2D eigenvalue weighted by molar-refractivity contribution is 5.86. The number of hydrogen-bond donors (Lipinski definition) is 2. The van der Waals surface area contributed by atoms with Gasteiger partial charge in [-0.15, -0.1) is 0 Å². The summed E-state index contributed by atoms with van der Waals surface area (Å²) >= 11 is 0. The van der Waals surface area contributed by atoms with Crippen molar-refractivity contribution in [3.05, 3.63) is 30.3 Å². The molecular weight excluding hydrogens is 300 g/mol. The van der Waals surface area contributed by atoms with Crippen molar-refractivity contribution >= 4 is 17.8 Å². The molecule has 0 unspecified atom stereocenters. The van der Waals surface area contributed by atoms with Gasteiger partial charge in [0, 0.05) is 6.04 Å². The fourth-order valence-corrected chi connectivity index (χ4v) is 1.77. The van der Waals surface area contributed by atoms with Crippen LogP contribution in [0.5, 0.6) is 5.75 Å². The van der Waals surface area contributed by atoms with Crippen LogP contribution in [0.2, 0.25) is 0 Å². The minimum absolute atomic E-state index is 0.205. The molecule has 1 aromatic carbocycles. The van der Waals surface area contributed by atoms with Gasteiger partial charge in [-0.1, -0.05) is 18.2 Å². The Hall–Kier alpha value is -2.57. The van der Waals surface area contributed by atoms with Gasteiger partial charge in [0.25, 0.3) is 11.8 Å². The lowest BCUT2D eigenvalue weighted by Gasteiger charge is -2.13. The maximum atomic E-state index is 11.7. The van der Waals surface area contributed by atoms with Gasteiger partial charge in [-0.2, -0.15) is 0 Å². The molecule has 1 saturated carbocycles. The molecule has 0 heterocycles. The first-order chi connectivity index (χ1) is 11.0. The van der Waals surface area contributed by atoms with Crippen molar-refractivity contribution in [2.75, 3.05) is 13.2 Å². The third kappa shape index (κ3) is 6.37. The number of ether oxygens (including phenoxy) is 2. The Morgan fingerprint density at radius 3 is 2.48 bits per heavy atom. The maximum absolute atomic E-state index is 11.7. The fourth-order valence-electron chi connectivity index (χ4n) is 1.77. The van der Waals surface area contributed by atoms with E-state index in [2.05, 4.69) is 10.6 Å². The Morgan fingerprint density at radius 2 is 1.83 bits per heavy atom. The van der Waals surface area contributed by atoms with E-state index in [1.807, 2.05) is 6.07 Å². The molecule has 0 spiro atoms. The van der Waals surface area contributed by atoms with Crippen LogP contribution in [0.25, 0.3) is 0 Å². The van der Waals surface area contributed by atoms with E-state index in [0.29, 0.717) is 5.75 Å². The Balaban J connectivity index is 1.63. The first-order valence-electron chi connectivity index (χ1n) is 7.48. The second-order valence-electron chi connectivity index (χ2n) is 5.34. The summed E-state index contributed by atoms with van der Waals surface area (Å²) in [6.45, 7) is 0.946. The Morgan fingerprint density at radius 1 is 1.13 bits per heavy atom. The molecule has 1 aliphatic rings. The number of carbonyl (C=O) groups is 3.